The maximum absolute atomic E-state index is 12.9. The summed E-state index contributed by atoms with van der Waals surface area (Å²) in [5, 5.41) is 0. The Kier molecular flexibility index (Phi) is 3.00. The Labute approximate surface area is 96.9 Å². The Morgan fingerprint density at radius 2 is 2.12 bits per heavy atom. The number of nitrogen functional groups attached to an aromatic ring is 1. The van der Waals surface area contributed by atoms with Crippen molar-refractivity contribution in [3.05, 3.63) is 54.0 Å². The van der Waals surface area contributed by atoms with E-state index in [2.05, 4.69) is 4.98 Å². The van der Waals surface area contributed by atoms with Crippen LogP contribution in [-0.4, -0.2) is 11.0 Å². The Morgan fingerprint density at radius 3 is 2.76 bits per heavy atom. The molecule has 0 aliphatic rings. The van der Waals surface area contributed by atoms with Gasteiger partial charge >= 0.3 is 5.97 Å². The zero-order valence-electron chi connectivity index (χ0n) is 8.76. The molecule has 5 heteroatoms. The Morgan fingerprint density at radius 1 is 1.29 bits per heavy atom. The molecule has 2 rings (SSSR count). The minimum Gasteiger partial charge on any atom is -0.423 e. The van der Waals surface area contributed by atoms with Crippen LogP contribution in [0.5, 0.6) is 5.75 Å². The summed E-state index contributed by atoms with van der Waals surface area (Å²) < 4.78 is 17.8. The highest BCUT2D eigenvalue weighted by atomic mass is 19.1. The standard InChI is InChI=1S/C12H9FN2O2/c13-9-2-1-3-10(6-9)17-12(16)8-4-5-11(14)15-7-8/h1-7H,(H2,14,15). The number of hydrogen-bond donors (Lipinski definition) is 1. The van der Waals surface area contributed by atoms with Gasteiger partial charge in [0.05, 0.1) is 5.56 Å². The number of anilines is 1. The molecule has 0 amide bonds. The number of nitrogens with two attached hydrogens (primary N) is 1. The summed E-state index contributed by atoms with van der Waals surface area (Å²) in [7, 11) is 0. The second kappa shape index (κ2) is 4.61. The van der Waals surface area contributed by atoms with Gasteiger partial charge in [0.25, 0.3) is 0 Å². The van der Waals surface area contributed by atoms with Gasteiger partial charge in [0.2, 0.25) is 0 Å². The molecule has 2 aromatic rings. The SMILES string of the molecule is Nc1ccc(C(=O)Oc2cccc(F)c2)cn1. The number of aromatic nitrogens is 1. The van der Waals surface area contributed by atoms with Crippen LogP contribution in [0.15, 0.2) is 42.6 Å². The molecule has 0 spiro atoms. The molecule has 0 radical (unpaired) electrons. The van der Waals surface area contributed by atoms with Crippen molar-refractivity contribution in [1.29, 1.82) is 0 Å². The first-order chi connectivity index (χ1) is 8.15. The lowest BCUT2D eigenvalue weighted by Gasteiger charge is -2.03. The minimum atomic E-state index is -0.608. The lowest BCUT2D eigenvalue weighted by atomic mass is 10.3. The van der Waals surface area contributed by atoms with Crippen LogP contribution in [0.2, 0.25) is 0 Å². The molecular formula is C12H9FN2O2. The van der Waals surface area contributed by atoms with Crippen LogP contribution >= 0.6 is 0 Å². The van der Waals surface area contributed by atoms with E-state index in [0.29, 0.717) is 5.82 Å². The van der Waals surface area contributed by atoms with Crippen LogP contribution in [0.4, 0.5) is 10.2 Å². The minimum absolute atomic E-state index is 0.145. The second-order valence-corrected chi connectivity index (χ2v) is 3.32. The third kappa shape index (κ3) is 2.78. The van der Waals surface area contributed by atoms with Crippen molar-refractivity contribution in [1.82, 2.24) is 4.98 Å². The average Bonchev–Trinajstić information content (AvgIpc) is 2.29. The molecule has 0 fully saturated rings. The average molecular weight is 232 g/mol. The van der Waals surface area contributed by atoms with E-state index in [1.165, 1.54) is 36.5 Å². The Balaban J connectivity index is 2.14. The van der Waals surface area contributed by atoms with E-state index in [0.717, 1.165) is 6.07 Å². The normalized spacial score (nSPS) is 9.94. The number of pyridine rings is 1. The number of carbonyl (C=O) groups excluding carboxylic acids is 1. The molecule has 1 aromatic carbocycles. The van der Waals surface area contributed by atoms with Crippen molar-refractivity contribution in [3.8, 4) is 5.75 Å². The Bertz CT molecular complexity index is 540. The first-order valence-electron chi connectivity index (χ1n) is 4.84. The number of hydrogen-bond acceptors (Lipinski definition) is 4. The Hall–Kier alpha value is -2.43. The van der Waals surface area contributed by atoms with Gasteiger partial charge in [-0.1, -0.05) is 6.07 Å². The van der Waals surface area contributed by atoms with Gasteiger partial charge in [-0.2, -0.15) is 0 Å². The van der Waals surface area contributed by atoms with Gasteiger partial charge < -0.3 is 10.5 Å². The van der Waals surface area contributed by atoms with Gasteiger partial charge in [0, 0.05) is 12.3 Å². The van der Waals surface area contributed by atoms with Gasteiger partial charge in [0.15, 0.2) is 0 Å². The maximum Gasteiger partial charge on any atom is 0.345 e. The number of nitrogens with zero attached hydrogens (tertiary/aromatic N) is 1. The molecule has 0 saturated carbocycles. The van der Waals surface area contributed by atoms with E-state index in [9.17, 15) is 9.18 Å². The van der Waals surface area contributed by atoms with Crippen LogP contribution in [-0.2, 0) is 0 Å². The highest BCUT2D eigenvalue weighted by Gasteiger charge is 2.09. The lowest BCUT2D eigenvalue weighted by Crippen LogP contribution is -2.09. The molecule has 4 nitrogen and oxygen atoms in total. The van der Waals surface area contributed by atoms with Gasteiger partial charge in [-0.25, -0.2) is 14.2 Å². The van der Waals surface area contributed by atoms with Gasteiger partial charge in [-0.15, -0.1) is 0 Å². The van der Waals surface area contributed by atoms with Gasteiger partial charge in [-0.05, 0) is 24.3 Å². The van der Waals surface area contributed by atoms with Crippen molar-refractivity contribution in [2.24, 2.45) is 0 Å². The highest BCUT2D eigenvalue weighted by Crippen LogP contribution is 2.14. The summed E-state index contributed by atoms with van der Waals surface area (Å²) in [5.41, 5.74) is 5.64. The monoisotopic (exact) mass is 232 g/mol. The van der Waals surface area contributed by atoms with E-state index in [4.69, 9.17) is 10.5 Å². The smallest absolute Gasteiger partial charge is 0.345 e. The fourth-order valence-electron chi connectivity index (χ4n) is 1.22. The number of halogens is 1. The first kappa shape index (κ1) is 11.1. The summed E-state index contributed by atoms with van der Waals surface area (Å²) in [6.07, 6.45) is 1.30. The molecule has 0 aliphatic heterocycles. The molecule has 0 aliphatic carbocycles. The van der Waals surface area contributed by atoms with E-state index in [-0.39, 0.29) is 11.3 Å². The van der Waals surface area contributed by atoms with Crippen molar-refractivity contribution in [2.75, 3.05) is 5.73 Å². The summed E-state index contributed by atoms with van der Waals surface area (Å²) in [4.78, 5) is 15.4. The third-order valence-electron chi connectivity index (χ3n) is 2.03. The topological polar surface area (TPSA) is 65.2 Å². The van der Waals surface area contributed by atoms with Gasteiger partial charge in [0.1, 0.15) is 17.4 Å². The van der Waals surface area contributed by atoms with Crippen LogP contribution in [0, 0.1) is 5.82 Å². The molecule has 17 heavy (non-hydrogen) atoms. The molecule has 0 saturated heterocycles. The predicted molar refractivity (Wildman–Crippen MR) is 60.0 cm³/mol. The number of carbonyl (C=O) groups is 1. The van der Waals surface area contributed by atoms with Crippen molar-refractivity contribution >= 4 is 11.8 Å². The van der Waals surface area contributed by atoms with E-state index >= 15 is 0 Å². The number of rotatable bonds is 2. The summed E-state index contributed by atoms with van der Waals surface area (Å²) >= 11 is 0. The van der Waals surface area contributed by atoms with E-state index in [1.807, 2.05) is 0 Å². The lowest BCUT2D eigenvalue weighted by molar-refractivity contribution is 0.0734. The quantitative estimate of drug-likeness (QED) is 0.635. The zero-order chi connectivity index (χ0) is 12.3. The predicted octanol–water partition coefficient (Wildman–Crippen LogP) is 2.02. The van der Waals surface area contributed by atoms with E-state index < -0.39 is 11.8 Å². The molecule has 0 bridgehead atoms. The molecule has 2 N–H and O–H groups in total. The summed E-state index contributed by atoms with van der Waals surface area (Å²) in [6.45, 7) is 0. The molecule has 86 valence electrons. The van der Waals surface area contributed by atoms with Gasteiger partial charge in [-0.3, -0.25) is 0 Å². The van der Waals surface area contributed by atoms with Crippen LogP contribution in [0.25, 0.3) is 0 Å². The molecule has 1 heterocycles. The largest absolute Gasteiger partial charge is 0.423 e. The first-order valence-corrected chi connectivity index (χ1v) is 4.84. The highest BCUT2D eigenvalue weighted by molar-refractivity contribution is 5.90. The molecule has 0 unspecified atom stereocenters. The molecule has 0 atom stereocenters. The number of esters is 1. The second-order valence-electron chi connectivity index (χ2n) is 3.32. The van der Waals surface area contributed by atoms with Crippen molar-refractivity contribution < 1.29 is 13.9 Å². The fraction of sp³-hybridized carbons (Fsp3) is 0. The summed E-state index contributed by atoms with van der Waals surface area (Å²) in [5.74, 6) is -0.618. The van der Waals surface area contributed by atoms with Crippen LogP contribution in [0.1, 0.15) is 10.4 Å². The van der Waals surface area contributed by atoms with E-state index in [1.54, 1.807) is 0 Å². The van der Waals surface area contributed by atoms with Crippen molar-refractivity contribution in [2.45, 2.75) is 0 Å². The van der Waals surface area contributed by atoms with Crippen LogP contribution < -0.4 is 10.5 Å². The number of ether oxygens (including phenoxy) is 1. The molecule has 1 aromatic heterocycles. The zero-order valence-corrected chi connectivity index (χ0v) is 8.76. The summed E-state index contributed by atoms with van der Waals surface area (Å²) in [6, 6.07) is 8.32. The van der Waals surface area contributed by atoms with Crippen molar-refractivity contribution in [3.63, 3.8) is 0 Å². The number of benzene rings is 1. The third-order valence-corrected chi connectivity index (χ3v) is 2.03. The molecular weight excluding hydrogens is 223 g/mol. The maximum atomic E-state index is 12.9. The van der Waals surface area contributed by atoms with Crippen LogP contribution in [0.3, 0.4) is 0 Å². The fourth-order valence-corrected chi connectivity index (χ4v) is 1.22.